The second-order valence-corrected chi connectivity index (χ2v) is 9.12. The number of piperidine rings is 1. The van der Waals surface area contributed by atoms with Crippen molar-refractivity contribution in [3.8, 4) is 5.75 Å². The van der Waals surface area contributed by atoms with E-state index in [1.54, 1.807) is 0 Å². The van der Waals surface area contributed by atoms with E-state index in [4.69, 9.17) is 4.74 Å². The summed E-state index contributed by atoms with van der Waals surface area (Å²) in [5.74, 6) is 2.12. The zero-order valence-corrected chi connectivity index (χ0v) is 19.0. The summed E-state index contributed by atoms with van der Waals surface area (Å²) in [6, 6.07) is 8.69. The summed E-state index contributed by atoms with van der Waals surface area (Å²) in [5.41, 5.74) is 2.38. The second-order valence-electron chi connectivity index (χ2n) is 7.97. The number of rotatable bonds is 12. The van der Waals surface area contributed by atoms with Gasteiger partial charge in [0.05, 0.1) is 0 Å². The summed E-state index contributed by atoms with van der Waals surface area (Å²) in [6.45, 7) is 9.04. The molecule has 0 amide bonds. The molecule has 4 nitrogen and oxygen atoms in total. The SMILES string of the molecule is CCCCc1cc(OC2CCN(CCCCNSCC)CC2)c2ncccc2c1. The molecule has 1 fully saturated rings. The third-order valence-electron chi connectivity index (χ3n) is 5.63. The van der Waals surface area contributed by atoms with Crippen molar-refractivity contribution in [2.45, 2.75) is 64.9 Å². The summed E-state index contributed by atoms with van der Waals surface area (Å²) >= 11 is 1.82. The molecule has 1 aromatic heterocycles. The van der Waals surface area contributed by atoms with Gasteiger partial charge in [-0.3, -0.25) is 9.71 Å². The molecular formula is C24H37N3OS. The monoisotopic (exact) mass is 415 g/mol. The van der Waals surface area contributed by atoms with Crippen LogP contribution in [0.3, 0.4) is 0 Å². The number of ether oxygens (including phenoxy) is 1. The topological polar surface area (TPSA) is 37.4 Å². The first-order chi connectivity index (χ1) is 14.3. The maximum absolute atomic E-state index is 6.51. The Morgan fingerprint density at radius 3 is 2.83 bits per heavy atom. The number of aryl methyl sites for hydroxylation is 1. The zero-order chi connectivity index (χ0) is 20.3. The van der Waals surface area contributed by atoms with Gasteiger partial charge in [0.15, 0.2) is 0 Å². The van der Waals surface area contributed by atoms with Gasteiger partial charge in [-0.25, -0.2) is 0 Å². The van der Waals surface area contributed by atoms with E-state index in [1.807, 2.05) is 24.2 Å². The number of pyridine rings is 1. The molecule has 1 saturated heterocycles. The minimum absolute atomic E-state index is 0.306. The Labute approximate surface area is 180 Å². The van der Waals surface area contributed by atoms with E-state index >= 15 is 0 Å². The van der Waals surface area contributed by atoms with Crippen molar-refractivity contribution >= 4 is 22.9 Å². The Morgan fingerprint density at radius 1 is 1.17 bits per heavy atom. The number of aromatic nitrogens is 1. The lowest BCUT2D eigenvalue weighted by molar-refractivity contribution is 0.101. The van der Waals surface area contributed by atoms with E-state index in [0.29, 0.717) is 6.10 Å². The smallest absolute Gasteiger partial charge is 0.146 e. The van der Waals surface area contributed by atoms with E-state index in [0.717, 1.165) is 55.9 Å². The van der Waals surface area contributed by atoms with Crippen molar-refractivity contribution in [3.05, 3.63) is 36.0 Å². The molecule has 0 saturated carbocycles. The van der Waals surface area contributed by atoms with E-state index < -0.39 is 0 Å². The average Bonchev–Trinajstić information content (AvgIpc) is 2.76. The van der Waals surface area contributed by atoms with Crippen LogP contribution in [-0.4, -0.2) is 47.9 Å². The van der Waals surface area contributed by atoms with Gasteiger partial charge in [0, 0.05) is 37.0 Å². The van der Waals surface area contributed by atoms with Gasteiger partial charge in [-0.1, -0.05) is 38.3 Å². The first kappa shape index (κ1) is 22.4. The van der Waals surface area contributed by atoms with Crippen molar-refractivity contribution in [2.24, 2.45) is 0 Å². The molecule has 1 aliphatic rings. The summed E-state index contributed by atoms with van der Waals surface area (Å²) in [4.78, 5) is 7.21. The van der Waals surface area contributed by atoms with E-state index in [9.17, 15) is 0 Å². The molecule has 5 heteroatoms. The maximum atomic E-state index is 6.51. The van der Waals surface area contributed by atoms with Gasteiger partial charge in [-0.2, -0.15) is 0 Å². The predicted molar refractivity (Wildman–Crippen MR) is 126 cm³/mol. The molecule has 3 rings (SSSR count). The highest BCUT2D eigenvalue weighted by Crippen LogP contribution is 2.29. The molecule has 0 bridgehead atoms. The predicted octanol–water partition coefficient (Wildman–Crippen LogP) is 5.46. The van der Waals surface area contributed by atoms with Crippen LogP contribution in [0.25, 0.3) is 10.9 Å². The Morgan fingerprint density at radius 2 is 2.03 bits per heavy atom. The Kier molecular flexibility index (Phi) is 9.58. The van der Waals surface area contributed by atoms with Crippen LogP contribution >= 0.6 is 11.9 Å². The normalized spacial score (nSPS) is 15.8. The lowest BCUT2D eigenvalue weighted by Gasteiger charge is -2.32. The maximum Gasteiger partial charge on any atom is 0.146 e. The number of unbranched alkanes of at least 4 members (excludes halogenated alkanes) is 2. The fourth-order valence-electron chi connectivity index (χ4n) is 3.97. The number of hydrogen-bond donors (Lipinski definition) is 1. The summed E-state index contributed by atoms with van der Waals surface area (Å²) < 4.78 is 9.92. The first-order valence-corrected chi connectivity index (χ1v) is 12.4. The Balaban J connectivity index is 1.50. The summed E-state index contributed by atoms with van der Waals surface area (Å²) in [5, 5.41) is 1.20. The van der Waals surface area contributed by atoms with Crippen LogP contribution in [0.5, 0.6) is 5.75 Å². The Bertz CT molecular complexity index is 731. The van der Waals surface area contributed by atoms with Crippen LogP contribution in [0, 0.1) is 0 Å². The van der Waals surface area contributed by atoms with Gasteiger partial charge in [0.25, 0.3) is 0 Å². The quantitative estimate of drug-likeness (QED) is 0.368. The van der Waals surface area contributed by atoms with Crippen LogP contribution < -0.4 is 9.46 Å². The van der Waals surface area contributed by atoms with Crippen molar-refractivity contribution in [2.75, 3.05) is 31.9 Å². The zero-order valence-electron chi connectivity index (χ0n) is 18.2. The number of nitrogens with one attached hydrogen (secondary N) is 1. The molecule has 0 radical (unpaired) electrons. The number of nitrogens with zero attached hydrogens (tertiary/aromatic N) is 2. The molecule has 1 aliphatic heterocycles. The molecule has 0 aliphatic carbocycles. The molecule has 0 atom stereocenters. The summed E-state index contributed by atoms with van der Waals surface area (Å²) in [7, 11) is 0. The minimum atomic E-state index is 0.306. The molecule has 1 N–H and O–H groups in total. The number of likely N-dealkylation sites (tertiary alicyclic amines) is 1. The molecule has 2 heterocycles. The lowest BCUT2D eigenvalue weighted by Crippen LogP contribution is -2.38. The molecule has 29 heavy (non-hydrogen) atoms. The standard InChI is InChI=1S/C24H37N3OS/c1-3-5-9-20-18-21-10-8-13-25-24(21)23(19-20)28-22-11-16-27(17-12-22)15-7-6-14-26-29-4-2/h8,10,13,18-19,22,26H,3-7,9,11-12,14-17H2,1-2H3. The van der Waals surface area contributed by atoms with Crippen LogP contribution in [-0.2, 0) is 6.42 Å². The Hall–Kier alpha value is -1.30. The van der Waals surface area contributed by atoms with E-state index in [-0.39, 0.29) is 0 Å². The highest BCUT2D eigenvalue weighted by atomic mass is 32.2. The van der Waals surface area contributed by atoms with Crippen LogP contribution in [0.4, 0.5) is 0 Å². The second kappa shape index (κ2) is 12.4. The molecule has 1 aromatic carbocycles. The van der Waals surface area contributed by atoms with Crippen LogP contribution in [0.1, 0.15) is 57.9 Å². The third kappa shape index (κ3) is 7.16. The number of fused-ring (bicyclic) bond motifs is 1. The fourth-order valence-corrected chi connectivity index (χ4v) is 4.46. The van der Waals surface area contributed by atoms with E-state index in [1.165, 1.54) is 43.2 Å². The van der Waals surface area contributed by atoms with Gasteiger partial charge >= 0.3 is 0 Å². The molecular weight excluding hydrogens is 378 g/mol. The number of hydrogen-bond acceptors (Lipinski definition) is 5. The first-order valence-electron chi connectivity index (χ1n) is 11.4. The number of benzene rings is 1. The minimum Gasteiger partial charge on any atom is -0.488 e. The summed E-state index contributed by atoms with van der Waals surface area (Å²) in [6.07, 6.45) is 10.5. The van der Waals surface area contributed by atoms with Gasteiger partial charge in [0.1, 0.15) is 17.4 Å². The fraction of sp³-hybridized carbons (Fsp3) is 0.625. The van der Waals surface area contributed by atoms with Crippen molar-refractivity contribution in [1.82, 2.24) is 14.6 Å². The third-order valence-corrected chi connectivity index (χ3v) is 6.32. The van der Waals surface area contributed by atoms with Gasteiger partial charge in [-0.05, 0) is 68.8 Å². The van der Waals surface area contributed by atoms with Crippen molar-refractivity contribution in [3.63, 3.8) is 0 Å². The highest BCUT2D eigenvalue weighted by molar-refractivity contribution is 7.97. The van der Waals surface area contributed by atoms with Crippen LogP contribution in [0.2, 0.25) is 0 Å². The van der Waals surface area contributed by atoms with Crippen molar-refractivity contribution in [1.29, 1.82) is 0 Å². The molecule has 160 valence electrons. The molecule has 0 unspecified atom stereocenters. The average molecular weight is 416 g/mol. The van der Waals surface area contributed by atoms with Gasteiger partial charge < -0.3 is 9.64 Å². The van der Waals surface area contributed by atoms with Gasteiger partial charge in [-0.15, -0.1) is 0 Å². The van der Waals surface area contributed by atoms with E-state index in [2.05, 4.69) is 46.7 Å². The van der Waals surface area contributed by atoms with Gasteiger partial charge in [0.2, 0.25) is 0 Å². The molecule has 2 aromatic rings. The van der Waals surface area contributed by atoms with Crippen LogP contribution in [0.15, 0.2) is 30.5 Å². The largest absolute Gasteiger partial charge is 0.488 e. The molecule has 0 spiro atoms. The lowest BCUT2D eigenvalue weighted by atomic mass is 10.0. The highest BCUT2D eigenvalue weighted by Gasteiger charge is 2.21. The van der Waals surface area contributed by atoms with Crippen molar-refractivity contribution < 1.29 is 4.74 Å².